The standard InChI is InChI=1S/C10H6ClF3N2O3.C3H5ClO2/c1-5-4-6(2-3-7(5)11)16-8(17)15(9(18)19-16)10(12,13)14;1-2-6-3(4)5/h2-4H,1H3;2H2,1H3. The summed E-state index contributed by atoms with van der Waals surface area (Å²) in [6.07, 6.45) is -5.13. The van der Waals surface area contributed by atoms with Crippen molar-refractivity contribution in [3.8, 4) is 5.69 Å². The first-order valence-corrected chi connectivity index (χ1v) is 7.26. The zero-order chi connectivity index (χ0) is 19.4. The first kappa shape index (κ1) is 20.8. The summed E-state index contributed by atoms with van der Waals surface area (Å²) in [6.45, 7) is 3.64. The van der Waals surface area contributed by atoms with Crippen LogP contribution in [0.4, 0.5) is 18.0 Å². The molecule has 0 spiro atoms. The summed E-state index contributed by atoms with van der Waals surface area (Å²) in [4.78, 5) is 32.2. The molecule has 0 saturated heterocycles. The Morgan fingerprint density at radius 1 is 1.32 bits per heavy atom. The van der Waals surface area contributed by atoms with E-state index in [-0.39, 0.29) is 10.4 Å². The molecule has 0 aliphatic heterocycles. The second-order valence-corrected chi connectivity index (χ2v) is 5.06. The predicted octanol–water partition coefficient (Wildman–Crippen LogP) is 3.41. The van der Waals surface area contributed by atoms with Gasteiger partial charge in [-0.1, -0.05) is 11.6 Å². The minimum atomic E-state index is -5.13. The number of alkyl halides is 3. The highest BCUT2D eigenvalue weighted by atomic mass is 35.5. The molecule has 1 heterocycles. The van der Waals surface area contributed by atoms with E-state index in [1.54, 1.807) is 13.8 Å². The molecule has 2 aromatic rings. The Hall–Kier alpha value is -2.20. The molecule has 12 heteroatoms. The molecule has 1 aromatic carbocycles. The molecule has 0 bridgehead atoms. The number of ether oxygens (including phenoxy) is 1. The summed E-state index contributed by atoms with van der Waals surface area (Å²) in [5.41, 5.74) is -1.86. The van der Waals surface area contributed by atoms with Crippen LogP contribution in [0, 0.1) is 6.92 Å². The first-order valence-electron chi connectivity index (χ1n) is 6.50. The van der Waals surface area contributed by atoms with Gasteiger partial charge in [0, 0.05) is 16.6 Å². The predicted molar refractivity (Wildman–Crippen MR) is 82.5 cm³/mol. The van der Waals surface area contributed by atoms with E-state index in [9.17, 15) is 27.6 Å². The molecule has 138 valence electrons. The average Bonchev–Trinajstić information content (AvgIpc) is 2.77. The van der Waals surface area contributed by atoms with Gasteiger partial charge in [-0.05, 0) is 37.6 Å². The molecule has 0 fully saturated rings. The Morgan fingerprint density at radius 2 is 1.92 bits per heavy atom. The van der Waals surface area contributed by atoms with Crippen molar-refractivity contribution in [2.24, 2.45) is 0 Å². The van der Waals surface area contributed by atoms with Crippen LogP contribution in [0.15, 0.2) is 32.3 Å². The maximum Gasteiger partial charge on any atom is 0.498 e. The Kier molecular flexibility index (Phi) is 6.88. The number of aryl methyl sites for hydroxylation is 1. The summed E-state index contributed by atoms with van der Waals surface area (Å²) in [7, 11) is 0. The van der Waals surface area contributed by atoms with Gasteiger partial charge in [-0.25, -0.2) is 14.4 Å². The monoisotopic (exact) mass is 402 g/mol. The van der Waals surface area contributed by atoms with Gasteiger partial charge in [-0.2, -0.15) is 0 Å². The number of carbonyl (C=O) groups is 1. The summed E-state index contributed by atoms with van der Waals surface area (Å²) < 4.78 is 45.2. The van der Waals surface area contributed by atoms with Crippen LogP contribution in [0.5, 0.6) is 0 Å². The lowest BCUT2D eigenvalue weighted by Crippen LogP contribution is -2.37. The van der Waals surface area contributed by atoms with Crippen molar-refractivity contribution in [1.82, 2.24) is 9.31 Å². The van der Waals surface area contributed by atoms with Gasteiger partial charge in [0.1, 0.15) is 0 Å². The minimum Gasteiger partial charge on any atom is -0.454 e. The highest BCUT2D eigenvalue weighted by Crippen LogP contribution is 2.20. The second-order valence-electron chi connectivity index (χ2n) is 4.34. The normalized spacial score (nSPS) is 10.8. The summed E-state index contributed by atoms with van der Waals surface area (Å²) in [5.74, 6) is -1.80. The molecule has 2 rings (SSSR count). The Bertz CT molecular complexity index is 870. The van der Waals surface area contributed by atoms with Crippen molar-refractivity contribution >= 4 is 28.6 Å². The Balaban J connectivity index is 0.000000450. The van der Waals surface area contributed by atoms with Crippen molar-refractivity contribution in [2.45, 2.75) is 20.1 Å². The van der Waals surface area contributed by atoms with Gasteiger partial charge in [-0.3, -0.25) is 0 Å². The molecule has 1 aromatic heterocycles. The van der Waals surface area contributed by atoms with E-state index in [0.29, 0.717) is 17.2 Å². The summed E-state index contributed by atoms with van der Waals surface area (Å²) in [6, 6.07) is 3.97. The van der Waals surface area contributed by atoms with Crippen LogP contribution in [0.1, 0.15) is 12.5 Å². The molecule has 7 nitrogen and oxygen atoms in total. The van der Waals surface area contributed by atoms with Crippen LogP contribution in [-0.4, -0.2) is 21.3 Å². The minimum absolute atomic E-state index is 0.0213. The van der Waals surface area contributed by atoms with Gasteiger partial charge < -0.3 is 9.26 Å². The molecule has 0 saturated carbocycles. The van der Waals surface area contributed by atoms with Crippen molar-refractivity contribution in [1.29, 1.82) is 0 Å². The zero-order valence-corrected chi connectivity index (χ0v) is 14.3. The molecule has 0 amide bonds. The van der Waals surface area contributed by atoms with Gasteiger partial charge in [0.15, 0.2) is 0 Å². The van der Waals surface area contributed by atoms with Crippen LogP contribution in [-0.2, 0) is 11.0 Å². The lowest BCUT2D eigenvalue weighted by Gasteiger charge is -2.03. The van der Waals surface area contributed by atoms with E-state index in [4.69, 9.17) is 23.2 Å². The second kappa shape index (κ2) is 8.26. The number of nitrogens with zero attached hydrogens (tertiary/aromatic N) is 2. The Morgan fingerprint density at radius 3 is 2.28 bits per heavy atom. The number of hydrogen-bond donors (Lipinski definition) is 0. The van der Waals surface area contributed by atoms with Gasteiger partial charge in [0.05, 0.1) is 12.3 Å². The lowest BCUT2D eigenvalue weighted by atomic mass is 10.2. The van der Waals surface area contributed by atoms with Crippen LogP contribution in [0.25, 0.3) is 5.69 Å². The smallest absolute Gasteiger partial charge is 0.454 e. The number of halogens is 5. The molecule has 0 atom stereocenters. The van der Waals surface area contributed by atoms with Crippen molar-refractivity contribution < 1.29 is 27.2 Å². The topological polar surface area (TPSA) is 83.4 Å². The fourth-order valence-corrected chi connectivity index (χ4v) is 1.80. The maximum atomic E-state index is 12.5. The van der Waals surface area contributed by atoms with Gasteiger partial charge in [-0.15, -0.1) is 22.5 Å². The molecular weight excluding hydrogens is 392 g/mol. The van der Waals surface area contributed by atoms with E-state index in [2.05, 4.69) is 9.26 Å². The fourth-order valence-electron chi connectivity index (χ4n) is 1.57. The molecule has 25 heavy (non-hydrogen) atoms. The molecule has 0 N–H and O–H groups in total. The highest BCUT2D eigenvalue weighted by Gasteiger charge is 2.38. The quantitative estimate of drug-likeness (QED) is 0.718. The maximum absolute atomic E-state index is 12.5. The van der Waals surface area contributed by atoms with E-state index in [1.807, 2.05) is 0 Å². The van der Waals surface area contributed by atoms with Gasteiger partial charge in [0.2, 0.25) is 0 Å². The SMILES string of the molecule is CCOC(=O)Cl.Cc1cc(-n2oc(=O)n(C(F)(F)F)c2=O)ccc1Cl. The molecule has 0 aliphatic rings. The first-order chi connectivity index (χ1) is 11.5. The molecule has 0 radical (unpaired) electrons. The number of hydrogen-bond acceptors (Lipinski definition) is 5. The largest absolute Gasteiger partial charge is 0.498 e. The molecule has 0 unspecified atom stereocenters. The van der Waals surface area contributed by atoms with Crippen LogP contribution >= 0.6 is 23.2 Å². The number of carbonyl (C=O) groups excluding carboxylic acids is 1. The summed E-state index contributed by atoms with van der Waals surface area (Å²) in [5, 5.41) is 0.370. The van der Waals surface area contributed by atoms with Gasteiger partial charge >= 0.3 is 23.2 Å². The van der Waals surface area contributed by atoms with E-state index in [1.165, 1.54) is 18.2 Å². The third-order valence-electron chi connectivity index (χ3n) is 2.60. The number of rotatable bonds is 2. The molecular formula is C13H11Cl2F3N2O5. The average molecular weight is 403 g/mol. The molecule has 0 aliphatic carbocycles. The van der Waals surface area contributed by atoms with Crippen LogP contribution in [0.3, 0.4) is 0 Å². The fraction of sp³-hybridized carbons (Fsp3) is 0.308. The number of benzene rings is 1. The van der Waals surface area contributed by atoms with E-state index < -0.39 is 27.7 Å². The Labute approximate surface area is 148 Å². The third-order valence-corrected chi connectivity index (χ3v) is 3.14. The lowest BCUT2D eigenvalue weighted by molar-refractivity contribution is -0.209. The van der Waals surface area contributed by atoms with Crippen LogP contribution in [0.2, 0.25) is 5.02 Å². The van der Waals surface area contributed by atoms with E-state index >= 15 is 0 Å². The van der Waals surface area contributed by atoms with Gasteiger partial charge in [0.25, 0.3) is 0 Å². The van der Waals surface area contributed by atoms with Crippen molar-refractivity contribution in [2.75, 3.05) is 6.61 Å². The van der Waals surface area contributed by atoms with Crippen molar-refractivity contribution in [3.05, 3.63) is 49.8 Å². The zero-order valence-electron chi connectivity index (χ0n) is 12.8. The van der Waals surface area contributed by atoms with Crippen LogP contribution < -0.4 is 11.4 Å². The summed E-state index contributed by atoms with van der Waals surface area (Å²) >= 11 is 10.5. The van der Waals surface area contributed by atoms with E-state index in [0.717, 1.165) is 0 Å². The third kappa shape index (κ3) is 5.40. The van der Waals surface area contributed by atoms with Crippen molar-refractivity contribution in [3.63, 3.8) is 0 Å². The highest BCUT2D eigenvalue weighted by molar-refractivity contribution is 6.61. The number of aromatic nitrogens is 2.